The average molecular weight is 450 g/mol. The average Bonchev–Trinajstić information content (AvgIpc) is 3.17. The number of imide groups is 1. The number of aryl methyl sites for hydroxylation is 2. The number of rotatable bonds is 5. The third kappa shape index (κ3) is 4.01. The molecule has 1 N–H and O–H groups in total. The molecule has 0 aliphatic carbocycles. The van der Waals surface area contributed by atoms with Crippen molar-refractivity contribution in [1.82, 2.24) is 14.8 Å². The molecule has 0 spiro atoms. The Hall–Kier alpha value is -3.51. The summed E-state index contributed by atoms with van der Waals surface area (Å²) in [6, 6.07) is 14.7. The summed E-state index contributed by atoms with van der Waals surface area (Å²) in [5.41, 5.74) is 5.71. The van der Waals surface area contributed by atoms with Crippen molar-refractivity contribution in [3.63, 3.8) is 0 Å². The second-order valence-electron chi connectivity index (χ2n) is 7.85. The highest BCUT2D eigenvalue weighted by Gasteiger charge is 2.33. The first-order chi connectivity index (χ1) is 15.3. The van der Waals surface area contributed by atoms with Crippen LogP contribution in [0.3, 0.4) is 0 Å². The van der Waals surface area contributed by atoms with Gasteiger partial charge in [0.05, 0.1) is 19.3 Å². The Bertz CT molecular complexity index is 1260. The lowest BCUT2D eigenvalue weighted by Crippen LogP contribution is -2.30. The van der Waals surface area contributed by atoms with E-state index >= 15 is 0 Å². The third-order valence-electron chi connectivity index (χ3n) is 5.54. The highest BCUT2D eigenvalue weighted by molar-refractivity contribution is 6.30. The first kappa shape index (κ1) is 21.7. The highest BCUT2D eigenvalue weighted by Crippen LogP contribution is 2.31. The lowest BCUT2D eigenvalue weighted by Gasteiger charge is -2.14. The molecule has 1 aliphatic rings. The minimum Gasteiger partial charge on any atom is -0.495 e. The van der Waals surface area contributed by atoms with E-state index in [0.29, 0.717) is 10.8 Å². The van der Waals surface area contributed by atoms with E-state index in [1.54, 1.807) is 19.3 Å². The number of methoxy groups -OCH3 is 1. The molecule has 3 aromatic rings. The lowest BCUT2D eigenvalue weighted by atomic mass is 10.1. The van der Waals surface area contributed by atoms with Crippen molar-refractivity contribution in [2.24, 2.45) is 0 Å². The maximum Gasteiger partial charge on any atom is 0.329 e. The summed E-state index contributed by atoms with van der Waals surface area (Å²) >= 11 is 6.22. The normalized spacial score (nSPS) is 14.9. The molecule has 7 heteroatoms. The zero-order valence-corrected chi connectivity index (χ0v) is 19.2. The fourth-order valence-electron chi connectivity index (χ4n) is 4.01. The molecule has 2 heterocycles. The van der Waals surface area contributed by atoms with Crippen molar-refractivity contribution in [1.29, 1.82) is 0 Å². The summed E-state index contributed by atoms with van der Waals surface area (Å²) < 4.78 is 7.52. The standard InChI is InChI=1S/C25H24ClN3O3/c1-15-6-5-7-18(10-15)14-28-24(30)21(27-25(28)31)12-19-11-16(2)29(17(19)3)22-13-20(26)8-9-23(22)32-4/h5-13H,14H2,1-4H3,(H,27,31)/b21-12+. The number of nitrogens with zero attached hydrogens (tertiary/aromatic N) is 2. The number of hydrogen-bond acceptors (Lipinski definition) is 3. The van der Waals surface area contributed by atoms with Crippen molar-refractivity contribution in [2.75, 3.05) is 7.11 Å². The number of amides is 3. The van der Waals surface area contributed by atoms with Gasteiger partial charge in [0.1, 0.15) is 11.4 Å². The van der Waals surface area contributed by atoms with E-state index in [-0.39, 0.29) is 18.1 Å². The molecule has 1 fully saturated rings. The van der Waals surface area contributed by atoms with Crippen LogP contribution in [-0.4, -0.2) is 28.5 Å². The van der Waals surface area contributed by atoms with Crippen LogP contribution >= 0.6 is 11.6 Å². The Balaban J connectivity index is 1.67. The van der Waals surface area contributed by atoms with Crippen molar-refractivity contribution >= 4 is 29.6 Å². The first-order valence-corrected chi connectivity index (χ1v) is 10.6. The molecule has 2 aromatic carbocycles. The van der Waals surface area contributed by atoms with Gasteiger partial charge >= 0.3 is 6.03 Å². The SMILES string of the molecule is COc1ccc(Cl)cc1-n1c(C)cc(/C=C2/NC(=O)N(Cc3cccc(C)c3)C2=O)c1C. The number of urea groups is 1. The highest BCUT2D eigenvalue weighted by atomic mass is 35.5. The third-order valence-corrected chi connectivity index (χ3v) is 5.77. The van der Waals surface area contributed by atoms with Crippen LogP contribution in [0.4, 0.5) is 4.79 Å². The van der Waals surface area contributed by atoms with Crippen LogP contribution in [0, 0.1) is 20.8 Å². The second kappa shape index (κ2) is 8.55. The molecule has 1 aromatic heterocycles. The van der Waals surface area contributed by atoms with Gasteiger partial charge in [-0.15, -0.1) is 0 Å². The molecule has 1 saturated heterocycles. The van der Waals surface area contributed by atoms with E-state index in [1.807, 2.05) is 67.8 Å². The van der Waals surface area contributed by atoms with Gasteiger partial charge in [0, 0.05) is 16.4 Å². The maximum absolute atomic E-state index is 13.0. The van der Waals surface area contributed by atoms with Gasteiger partial charge in [-0.05, 0) is 62.2 Å². The van der Waals surface area contributed by atoms with E-state index in [0.717, 1.165) is 33.8 Å². The van der Waals surface area contributed by atoms with Crippen molar-refractivity contribution in [3.8, 4) is 11.4 Å². The van der Waals surface area contributed by atoms with E-state index in [1.165, 1.54) is 4.90 Å². The summed E-state index contributed by atoms with van der Waals surface area (Å²) in [7, 11) is 1.61. The number of ether oxygens (including phenoxy) is 1. The Morgan fingerprint density at radius 2 is 1.84 bits per heavy atom. The summed E-state index contributed by atoms with van der Waals surface area (Å²) in [5, 5.41) is 3.30. The van der Waals surface area contributed by atoms with E-state index in [4.69, 9.17) is 16.3 Å². The number of aromatic nitrogens is 1. The topological polar surface area (TPSA) is 63.6 Å². The van der Waals surface area contributed by atoms with E-state index in [9.17, 15) is 9.59 Å². The van der Waals surface area contributed by atoms with Crippen LogP contribution in [0.2, 0.25) is 5.02 Å². The molecule has 1 aliphatic heterocycles. The molecular weight excluding hydrogens is 426 g/mol. The minimum atomic E-state index is -0.423. The van der Waals surface area contributed by atoms with Gasteiger partial charge in [0.15, 0.2) is 0 Å². The summed E-state index contributed by atoms with van der Waals surface area (Å²) in [6.07, 6.45) is 1.71. The van der Waals surface area contributed by atoms with E-state index in [2.05, 4.69) is 5.32 Å². The Morgan fingerprint density at radius 3 is 2.56 bits per heavy atom. The number of nitrogens with one attached hydrogen (secondary N) is 1. The monoisotopic (exact) mass is 449 g/mol. The largest absolute Gasteiger partial charge is 0.495 e. The fraction of sp³-hybridized carbons (Fsp3) is 0.200. The molecule has 3 amide bonds. The predicted octanol–water partition coefficient (Wildman–Crippen LogP) is 5.16. The van der Waals surface area contributed by atoms with Crippen LogP contribution in [0.1, 0.15) is 28.1 Å². The number of carbonyl (C=O) groups excluding carboxylic acids is 2. The van der Waals surface area contributed by atoms with Gasteiger partial charge < -0.3 is 14.6 Å². The fourth-order valence-corrected chi connectivity index (χ4v) is 4.17. The molecule has 0 radical (unpaired) electrons. The van der Waals surface area contributed by atoms with Gasteiger partial charge in [0.2, 0.25) is 0 Å². The van der Waals surface area contributed by atoms with Gasteiger partial charge in [0.25, 0.3) is 5.91 Å². The van der Waals surface area contributed by atoms with Gasteiger partial charge in [-0.1, -0.05) is 41.4 Å². The number of hydrogen-bond donors (Lipinski definition) is 1. The lowest BCUT2D eigenvalue weighted by molar-refractivity contribution is -0.123. The number of carbonyl (C=O) groups is 2. The van der Waals surface area contributed by atoms with Gasteiger partial charge in [-0.25, -0.2) is 4.79 Å². The predicted molar refractivity (Wildman–Crippen MR) is 125 cm³/mol. The zero-order chi connectivity index (χ0) is 23.0. The summed E-state index contributed by atoms with van der Waals surface area (Å²) in [6.45, 7) is 6.12. The van der Waals surface area contributed by atoms with Crippen molar-refractivity contribution < 1.29 is 14.3 Å². The molecule has 0 bridgehead atoms. The Labute approximate surface area is 192 Å². The summed E-state index contributed by atoms with van der Waals surface area (Å²) in [5.74, 6) is 0.339. The van der Waals surface area contributed by atoms with Crippen molar-refractivity contribution in [2.45, 2.75) is 27.3 Å². The van der Waals surface area contributed by atoms with Crippen LogP contribution in [0.25, 0.3) is 11.8 Å². The van der Waals surface area contributed by atoms with Gasteiger partial charge in [-0.3, -0.25) is 9.69 Å². The smallest absolute Gasteiger partial charge is 0.329 e. The first-order valence-electron chi connectivity index (χ1n) is 10.2. The Kier molecular flexibility index (Phi) is 5.80. The molecule has 164 valence electrons. The molecule has 0 saturated carbocycles. The maximum atomic E-state index is 13.0. The molecular formula is C25H24ClN3O3. The number of halogens is 1. The molecule has 32 heavy (non-hydrogen) atoms. The van der Waals surface area contributed by atoms with Crippen LogP contribution < -0.4 is 10.1 Å². The van der Waals surface area contributed by atoms with Crippen LogP contribution in [-0.2, 0) is 11.3 Å². The van der Waals surface area contributed by atoms with Crippen LogP contribution in [0.5, 0.6) is 5.75 Å². The zero-order valence-electron chi connectivity index (χ0n) is 18.4. The van der Waals surface area contributed by atoms with Crippen molar-refractivity contribution in [3.05, 3.63) is 87.3 Å². The van der Waals surface area contributed by atoms with E-state index < -0.39 is 6.03 Å². The minimum absolute atomic E-state index is 0.225. The molecule has 6 nitrogen and oxygen atoms in total. The summed E-state index contributed by atoms with van der Waals surface area (Å²) in [4.78, 5) is 26.7. The second-order valence-corrected chi connectivity index (χ2v) is 8.28. The molecule has 4 rings (SSSR count). The molecule has 0 unspecified atom stereocenters. The quantitative estimate of drug-likeness (QED) is 0.432. The Morgan fingerprint density at radius 1 is 1.06 bits per heavy atom. The van der Waals surface area contributed by atoms with Crippen LogP contribution in [0.15, 0.2) is 54.2 Å². The number of benzene rings is 2. The van der Waals surface area contributed by atoms with Gasteiger partial charge in [-0.2, -0.15) is 0 Å². The molecule has 0 atom stereocenters.